The summed E-state index contributed by atoms with van der Waals surface area (Å²) in [7, 11) is 2.14. The van der Waals surface area contributed by atoms with Gasteiger partial charge in [0.1, 0.15) is 0 Å². The minimum atomic E-state index is -0.00671. The van der Waals surface area contributed by atoms with E-state index in [9.17, 15) is 0 Å². The summed E-state index contributed by atoms with van der Waals surface area (Å²) in [6.07, 6.45) is 3.24. The van der Waals surface area contributed by atoms with E-state index in [0.717, 1.165) is 58.1 Å². The van der Waals surface area contributed by atoms with E-state index in [1.165, 1.54) is 5.56 Å². The molecule has 2 rings (SSSR count). The molecule has 1 fully saturated rings. The standard InChI is InChI=1S/C23H40N4O/c1-6-23(7-2,26-19(4)21-12-10-9-11-13-21)18-25-22(24-8-3)27(5)16-20-14-15-28-17-20/h9-13,19-20,26H,6-8,14-18H2,1-5H3,(H,24,25). The van der Waals surface area contributed by atoms with Gasteiger partial charge in [0.2, 0.25) is 0 Å². The molecule has 1 aliphatic rings. The number of hydrogen-bond acceptors (Lipinski definition) is 3. The van der Waals surface area contributed by atoms with Crippen LogP contribution in [0.1, 0.15) is 58.6 Å². The van der Waals surface area contributed by atoms with Gasteiger partial charge in [-0.05, 0) is 38.7 Å². The molecular formula is C23H40N4O. The zero-order valence-electron chi connectivity index (χ0n) is 18.5. The number of nitrogens with zero attached hydrogens (tertiary/aromatic N) is 2. The molecule has 1 aromatic rings. The highest BCUT2D eigenvalue weighted by molar-refractivity contribution is 5.79. The maximum atomic E-state index is 5.54. The molecule has 2 unspecified atom stereocenters. The van der Waals surface area contributed by atoms with E-state index in [2.05, 4.69) is 80.6 Å². The van der Waals surface area contributed by atoms with Crippen LogP contribution >= 0.6 is 0 Å². The molecule has 0 aromatic heterocycles. The fourth-order valence-electron chi connectivity index (χ4n) is 3.90. The third kappa shape index (κ3) is 6.49. The number of aliphatic imine (C=N–C) groups is 1. The first-order valence-corrected chi connectivity index (χ1v) is 10.9. The Morgan fingerprint density at radius 3 is 2.54 bits per heavy atom. The van der Waals surface area contributed by atoms with Gasteiger partial charge in [-0.25, -0.2) is 0 Å². The Kier molecular flexibility index (Phi) is 9.26. The number of guanidine groups is 1. The Hall–Kier alpha value is -1.59. The van der Waals surface area contributed by atoms with Crippen molar-refractivity contribution in [3.05, 3.63) is 35.9 Å². The molecular weight excluding hydrogens is 348 g/mol. The van der Waals surface area contributed by atoms with Crippen LogP contribution in [0.15, 0.2) is 35.3 Å². The second kappa shape index (κ2) is 11.4. The summed E-state index contributed by atoms with van der Waals surface area (Å²) in [5, 5.41) is 7.35. The Bertz CT molecular complexity index is 580. The molecule has 5 nitrogen and oxygen atoms in total. The maximum Gasteiger partial charge on any atom is 0.193 e. The fourth-order valence-corrected chi connectivity index (χ4v) is 3.90. The highest BCUT2D eigenvalue weighted by Gasteiger charge is 2.28. The Labute approximate surface area is 171 Å². The zero-order chi connectivity index (χ0) is 20.4. The second-order valence-electron chi connectivity index (χ2n) is 8.04. The van der Waals surface area contributed by atoms with Crippen molar-refractivity contribution in [1.29, 1.82) is 0 Å². The Morgan fingerprint density at radius 2 is 1.96 bits per heavy atom. The summed E-state index contributed by atoms with van der Waals surface area (Å²) in [6, 6.07) is 11.0. The molecule has 0 radical (unpaired) electrons. The van der Waals surface area contributed by atoms with Gasteiger partial charge >= 0.3 is 0 Å². The van der Waals surface area contributed by atoms with Crippen LogP contribution < -0.4 is 10.6 Å². The van der Waals surface area contributed by atoms with Crippen LogP contribution in [0.3, 0.4) is 0 Å². The summed E-state index contributed by atoms with van der Waals surface area (Å²) >= 11 is 0. The lowest BCUT2D eigenvalue weighted by molar-refractivity contribution is 0.181. The van der Waals surface area contributed by atoms with Crippen LogP contribution in [0.25, 0.3) is 0 Å². The molecule has 0 spiro atoms. The molecule has 1 heterocycles. The van der Waals surface area contributed by atoms with E-state index in [1.807, 2.05) is 0 Å². The lowest BCUT2D eigenvalue weighted by Crippen LogP contribution is -2.49. The van der Waals surface area contributed by atoms with E-state index in [4.69, 9.17) is 9.73 Å². The molecule has 0 aliphatic carbocycles. The molecule has 5 heteroatoms. The van der Waals surface area contributed by atoms with E-state index < -0.39 is 0 Å². The van der Waals surface area contributed by atoms with Gasteiger partial charge in [-0.15, -0.1) is 0 Å². The van der Waals surface area contributed by atoms with E-state index >= 15 is 0 Å². The predicted octanol–water partition coefficient (Wildman–Crippen LogP) is 3.83. The van der Waals surface area contributed by atoms with Crippen LogP contribution in [0.4, 0.5) is 0 Å². The molecule has 0 bridgehead atoms. The molecule has 1 aromatic carbocycles. The van der Waals surface area contributed by atoms with Crippen molar-refractivity contribution in [2.24, 2.45) is 10.9 Å². The zero-order valence-corrected chi connectivity index (χ0v) is 18.5. The van der Waals surface area contributed by atoms with E-state index in [1.54, 1.807) is 0 Å². The first-order valence-electron chi connectivity index (χ1n) is 10.9. The topological polar surface area (TPSA) is 48.9 Å². The van der Waals surface area contributed by atoms with Gasteiger partial charge < -0.3 is 20.3 Å². The molecule has 1 aliphatic heterocycles. The second-order valence-corrected chi connectivity index (χ2v) is 8.04. The molecule has 1 saturated heterocycles. The van der Waals surface area contributed by atoms with Crippen molar-refractivity contribution in [2.45, 2.75) is 58.5 Å². The van der Waals surface area contributed by atoms with Gasteiger partial charge in [0, 0.05) is 44.2 Å². The van der Waals surface area contributed by atoms with Crippen molar-refractivity contribution in [3.8, 4) is 0 Å². The van der Waals surface area contributed by atoms with Gasteiger partial charge in [-0.2, -0.15) is 0 Å². The average molecular weight is 389 g/mol. The predicted molar refractivity (Wildman–Crippen MR) is 119 cm³/mol. The van der Waals surface area contributed by atoms with Crippen molar-refractivity contribution in [1.82, 2.24) is 15.5 Å². The lowest BCUT2D eigenvalue weighted by Gasteiger charge is -2.36. The minimum Gasteiger partial charge on any atom is -0.381 e. The quantitative estimate of drug-likeness (QED) is 0.472. The van der Waals surface area contributed by atoms with Crippen LogP contribution in [0.5, 0.6) is 0 Å². The third-order valence-electron chi connectivity index (χ3n) is 5.96. The summed E-state index contributed by atoms with van der Waals surface area (Å²) in [6.45, 7) is 13.3. The minimum absolute atomic E-state index is 0.00671. The van der Waals surface area contributed by atoms with E-state index in [0.29, 0.717) is 12.0 Å². The third-order valence-corrected chi connectivity index (χ3v) is 5.96. The van der Waals surface area contributed by atoms with Gasteiger partial charge in [-0.3, -0.25) is 4.99 Å². The van der Waals surface area contributed by atoms with Gasteiger partial charge in [0.05, 0.1) is 13.2 Å². The number of benzene rings is 1. The smallest absolute Gasteiger partial charge is 0.193 e. The average Bonchev–Trinajstić information content (AvgIpc) is 3.23. The number of hydrogen-bond donors (Lipinski definition) is 2. The molecule has 2 atom stereocenters. The van der Waals surface area contributed by atoms with Gasteiger partial charge in [0.25, 0.3) is 0 Å². The van der Waals surface area contributed by atoms with Gasteiger partial charge in [-0.1, -0.05) is 44.2 Å². The SMILES string of the molecule is CCNC(=NCC(CC)(CC)NC(C)c1ccccc1)N(C)CC1CCOC1. The first-order chi connectivity index (χ1) is 13.5. The fraction of sp³-hybridized carbons (Fsp3) is 0.696. The summed E-state index contributed by atoms with van der Waals surface area (Å²) in [5.74, 6) is 1.60. The first kappa shape index (κ1) is 22.7. The molecule has 158 valence electrons. The van der Waals surface area contributed by atoms with E-state index in [-0.39, 0.29) is 5.54 Å². The van der Waals surface area contributed by atoms with Crippen LogP contribution in [0, 0.1) is 5.92 Å². The Morgan fingerprint density at radius 1 is 1.25 bits per heavy atom. The van der Waals surface area contributed by atoms with Crippen LogP contribution in [-0.4, -0.2) is 56.3 Å². The van der Waals surface area contributed by atoms with Crippen LogP contribution in [-0.2, 0) is 4.74 Å². The largest absolute Gasteiger partial charge is 0.381 e. The molecule has 0 amide bonds. The lowest BCUT2D eigenvalue weighted by atomic mass is 9.90. The van der Waals surface area contributed by atoms with Crippen molar-refractivity contribution >= 4 is 5.96 Å². The van der Waals surface area contributed by atoms with Crippen molar-refractivity contribution in [2.75, 3.05) is 39.9 Å². The summed E-state index contributed by atoms with van der Waals surface area (Å²) in [4.78, 5) is 7.31. The maximum absolute atomic E-state index is 5.54. The Balaban J connectivity index is 2.07. The van der Waals surface area contributed by atoms with Crippen molar-refractivity contribution in [3.63, 3.8) is 0 Å². The summed E-state index contributed by atoms with van der Waals surface area (Å²) < 4.78 is 5.54. The van der Waals surface area contributed by atoms with Crippen molar-refractivity contribution < 1.29 is 4.74 Å². The van der Waals surface area contributed by atoms with Crippen LogP contribution in [0.2, 0.25) is 0 Å². The van der Waals surface area contributed by atoms with Gasteiger partial charge in [0.15, 0.2) is 5.96 Å². The number of ether oxygens (including phenoxy) is 1. The highest BCUT2D eigenvalue weighted by atomic mass is 16.5. The molecule has 28 heavy (non-hydrogen) atoms. The number of nitrogens with one attached hydrogen (secondary N) is 2. The summed E-state index contributed by atoms with van der Waals surface area (Å²) in [5.41, 5.74) is 1.32. The normalized spacial score (nSPS) is 18.9. The highest BCUT2D eigenvalue weighted by Crippen LogP contribution is 2.23. The molecule has 0 saturated carbocycles. The number of rotatable bonds is 10. The molecule has 2 N–H and O–H groups in total. The monoisotopic (exact) mass is 388 g/mol.